The Balaban J connectivity index is 3.02. The summed E-state index contributed by atoms with van der Waals surface area (Å²) in [7, 11) is -2.96. The number of ether oxygens (including phenoxy) is 1. The lowest BCUT2D eigenvalue weighted by molar-refractivity contribution is -0.139. The molecule has 3 N–H and O–H groups in total. The van der Waals surface area contributed by atoms with E-state index in [-0.39, 0.29) is 11.4 Å². The number of halogens is 1. The van der Waals surface area contributed by atoms with Gasteiger partial charge in [0.05, 0.1) is 18.5 Å². The molecule has 18 heavy (non-hydrogen) atoms. The number of methoxy groups -OCH3 is 1. The monoisotopic (exact) mass is 276 g/mol. The minimum absolute atomic E-state index is 0.0528. The average Bonchev–Trinajstić information content (AvgIpc) is 2.31. The highest BCUT2D eigenvalue weighted by Gasteiger charge is 2.29. The zero-order chi connectivity index (χ0) is 13.9. The fourth-order valence-electron chi connectivity index (χ4n) is 1.15. The number of rotatable bonds is 4. The van der Waals surface area contributed by atoms with E-state index in [0.717, 1.165) is 26.2 Å². The molecule has 0 aliphatic carbocycles. The minimum Gasteiger partial charge on any atom is -0.468 e. The predicted octanol–water partition coefficient (Wildman–Crippen LogP) is 0.711. The highest BCUT2D eigenvalue weighted by molar-refractivity contribution is 7.94. The molecule has 0 aliphatic rings. The molecule has 1 aromatic carbocycles. The Kier molecular flexibility index (Phi) is 4.12. The maximum Gasteiger partial charge on any atom is 0.325 e. The Labute approximate surface area is 104 Å². The van der Waals surface area contributed by atoms with Gasteiger partial charge in [0.25, 0.3) is 0 Å². The highest BCUT2D eigenvalue weighted by atomic mass is 32.2. The lowest BCUT2D eigenvalue weighted by atomic mass is 10.3. The third-order valence-corrected chi connectivity index (χ3v) is 3.89. The van der Waals surface area contributed by atoms with Crippen LogP contribution in [0, 0.1) is 5.82 Å². The van der Waals surface area contributed by atoms with Crippen LogP contribution in [0.1, 0.15) is 6.92 Å². The van der Waals surface area contributed by atoms with Gasteiger partial charge in [0.2, 0.25) is 10.0 Å². The Morgan fingerprint density at radius 1 is 1.50 bits per heavy atom. The van der Waals surface area contributed by atoms with E-state index in [4.69, 9.17) is 5.73 Å². The number of hydrogen-bond acceptors (Lipinski definition) is 5. The van der Waals surface area contributed by atoms with E-state index in [2.05, 4.69) is 4.74 Å². The van der Waals surface area contributed by atoms with Crippen molar-refractivity contribution in [2.24, 2.45) is 0 Å². The average molecular weight is 276 g/mol. The van der Waals surface area contributed by atoms with Gasteiger partial charge < -0.3 is 10.5 Å². The van der Waals surface area contributed by atoms with Crippen LogP contribution in [0.4, 0.5) is 15.8 Å². The Morgan fingerprint density at radius 3 is 2.67 bits per heavy atom. The van der Waals surface area contributed by atoms with Gasteiger partial charge in [0.15, 0.2) is 5.25 Å². The van der Waals surface area contributed by atoms with Crippen LogP contribution in [0.3, 0.4) is 0 Å². The Bertz CT molecular complexity index is 559. The molecule has 0 aromatic heterocycles. The summed E-state index contributed by atoms with van der Waals surface area (Å²) in [4.78, 5) is 11.2. The SMILES string of the molecule is COC(=O)C(C)S(=O)(=O)Nc1cc(F)ccc1N. The smallest absolute Gasteiger partial charge is 0.325 e. The van der Waals surface area contributed by atoms with Crippen LogP contribution in [-0.2, 0) is 19.6 Å². The second-order valence-corrected chi connectivity index (χ2v) is 5.55. The molecule has 100 valence electrons. The van der Waals surface area contributed by atoms with Gasteiger partial charge >= 0.3 is 5.97 Å². The fourth-order valence-corrected chi connectivity index (χ4v) is 2.16. The summed E-state index contributed by atoms with van der Waals surface area (Å²) in [6.07, 6.45) is 0. The van der Waals surface area contributed by atoms with Crippen molar-refractivity contribution in [3.05, 3.63) is 24.0 Å². The van der Waals surface area contributed by atoms with Crippen molar-refractivity contribution >= 4 is 27.4 Å². The number of anilines is 2. The van der Waals surface area contributed by atoms with Gasteiger partial charge in [-0.3, -0.25) is 9.52 Å². The standard InChI is InChI=1S/C10H13FN2O4S/c1-6(10(14)17-2)18(15,16)13-9-5-7(11)3-4-8(9)12/h3-6,13H,12H2,1-2H3. The van der Waals surface area contributed by atoms with Crippen molar-refractivity contribution in [3.63, 3.8) is 0 Å². The first-order chi connectivity index (χ1) is 8.27. The number of nitrogens with two attached hydrogens (primary N) is 1. The summed E-state index contributed by atoms with van der Waals surface area (Å²) in [5.41, 5.74) is 5.43. The van der Waals surface area contributed by atoms with Crippen LogP contribution in [0.2, 0.25) is 0 Å². The quantitative estimate of drug-likeness (QED) is 0.623. The van der Waals surface area contributed by atoms with E-state index in [1.54, 1.807) is 0 Å². The van der Waals surface area contributed by atoms with E-state index in [9.17, 15) is 17.6 Å². The number of esters is 1. The topological polar surface area (TPSA) is 98.5 Å². The highest BCUT2D eigenvalue weighted by Crippen LogP contribution is 2.21. The summed E-state index contributed by atoms with van der Waals surface area (Å²) in [5, 5.41) is -1.43. The number of carbonyl (C=O) groups excluding carboxylic acids is 1. The second kappa shape index (κ2) is 5.21. The molecule has 1 rings (SSSR count). The van der Waals surface area contributed by atoms with Crippen molar-refractivity contribution in [1.29, 1.82) is 0 Å². The molecule has 0 radical (unpaired) electrons. The third kappa shape index (κ3) is 3.10. The van der Waals surface area contributed by atoms with Crippen molar-refractivity contribution in [2.75, 3.05) is 17.6 Å². The molecule has 0 saturated carbocycles. The number of sulfonamides is 1. The first kappa shape index (κ1) is 14.2. The Morgan fingerprint density at radius 2 is 2.11 bits per heavy atom. The fraction of sp³-hybridized carbons (Fsp3) is 0.300. The van der Waals surface area contributed by atoms with Gasteiger partial charge in [-0.2, -0.15) is 0 Å². The molecule has 0 aliphatic heterocycles. The van der Waals surface area contributed by atoms with Crippen LogP contribution in [0.15, 0.2) is 18.2 Å². The molecule has 0 fully saturated rings. The molecule has 0 heterocycles. The first-order valence-corrected chi connectivity index (χ1v) is 6.47. The lowest BCUT2D eigenvalue weighted by Gasteiger charge is -2.14. The van der Waals surface area contributed by atoms with Gasteiger partial charge in [-0.15, -0.1) is 0 Å². The molecular weight excluding hydrogens is 263 g/mol. The summed E-state index contributed by atoms with van der Waals surface area (Å²) < 4.78 is 42.9. The summed E-state index contributed by atoms with van der Waals surface area (Å²) in [5.74, 6) is -1.56. The van der Waals surface area contributed by atoms with E-state index < -0.39 is 27.1 Å². The molecule has 1 atom stereocenters. The van der Waals surface area contributed by atoms with E-state index >= 15 is 0 Å². The molecule has 0 amide bonds. The van der Waals surface area contributed by atoms with E-state index in [1.807, 2.05) is 4.72 Å². The van der Waals surface area contributed by atoms with Gasteiger partial charge in [-0.25, -0.2) is 12.8 Å². The third-order valence-electron chi connectivity index (χ3n) is 2.27. The second-order valence-electron chi connectivity index (χ2n) is 3.54. The molecule has 0 saturated heterocycles. The number of hydrogen-bond donors (Lipinski definition) is 2. The van der Waals surface area contributed by atoms with Crippen LogP contribution < -0.4 is 10.5 Å². The van der Waals surface area contributed by atoms with Crippen molar-refractivity contribution in [3.8, 4) is 0 Å². The molecule has 0 spiro atoms. The largest absolute Gasteiger partial charge is 0.468 e. The number of carbonyl (C=O) groups is 1. The molecule has 0 bridgehead atoms. The lowest BCUT2D eigenvalue weighted by Crippen LogP contribution is -2.33. The summed E-state index contributed by atoms with van der Waals surface area (Å²) in [6.45, 7) is 1.16. The number of nitrogen functional groups attached to an aromatic ring is 1. The van der Waals surface area contributed by atoms with Crippen LogP contribution >= 0.6 is 0 Å². The minimum atomic E-state index is -4.04. The maximum absolute atomic E-state index is 13.0. The van der Waals surface area contributed by atoms with Gasteiger partial charge in [-0.1, -0.05) is 0 Å². The van der Waals surface area contributed by atoms with Crippen molar-refractivity contribution in [2.45, 2.75) is 12.2 Å². The molecule has 6 nitrogen and oxygen atoms in total. The van der Waals surface area contributed by atoms with Crippen molar-refractivity contribution < 1.29 is 22.3 Å². The van der Waals surface area contributed by atoms with Gasteiger partial charge in [0.1, 0.15) is 5.82 Å². The molecule has 1 unspecified atom stereocenters. The van der Waals surface area contributed by atoms with Crippen molar-refractivity contribution in [1.82, 2.24) is 0 Å². The van der Waals surface area contributed by atoms with E-state index in [1.165, 1.54) is 6.07 Å². The molecular formula is C10H13FN2O4S. The number of benzene rings is 1. The maximum atomic E-state index is 13.0. The predicted molar refractivity (Wildman–Crippen MR) is 64.8 cm³/mol. The van der Waals surface area contributed by atoms with E-state index in [0.29, 0.717) is 0 Å². The summed E-state index contributed by atoms with van der Waals surface area (Å²) >= 11 is 0. The van der Waals surface area contributed by atoms with Crippen LogP contribution in [-0.4, -0.2) is 26.7 Å². The summed E-state index contributed by atoms with van der Waals surface area (Å²) in [6, 6.07) is 3.24. The number of nitrogens with one attached hydrogen (secondary N) is 1. The van der Waals surface area contributed by atoms with Crippen LogP contribution in [0.25, 0.3) is 0 Å². The normalized spacial score (nSPS) is 12.8. The molecule has 8 heteroatoms. The zero-order valence-corrected chi connectivity index (χ0v) is 10.6. The first-order valence-electron chi connectivity index (χ1n) is 4.92. The van der Waals surface area contributed by atoms with Crippen LogP contribution in [0.5, 0.6) is 0 Å². The van der Waals surface area contributed by atoms with Gasteiger partial charge in [-0.05, 0) is 19.1 Å². The molecule has 1 aromatic rings. The Hall–Kier alpha value is -1.83. The zero-order valence-electron chi connectivity index (χ0n) is 9.81. The van der Waals surface area contributed by atoms with Gasteiger partial charge in [0, 0.05) is 6.07 Å².